The van der Waals surface area contributed by atoms with E-state index in [0.29, 0.717) is 0 Å². The van der Waals surface area contributed by atoms with Crippen LogP contribution in [-0.2, 0) is 4.74 Å². The van der Waals surface area contributed by atoms with Crippen LogP contribution in [0.25, 0.3) is 0 Å². The number of esters is 1. The minimum atomic E-state index is -0.746. The number of Topliss-reactive ketones (excluding diaryl/α,β-unsaturated/α-hetero) is 1. The minimum Gasteiger partial charge on any atom is -0.505 e. The maximum Gasteiger partial charge on any atom is 0.360 e. The lowest BCUT2D eigenvalue weighted by molar-refractivity contribution is 0.0515. The molecule has 1 rings (SSSR count). The van der Waals surface area contributed by atoms with Gasteiger partial charge in [0.15, 0.2) is 11.5 Å². The molecule has 5 nitrogen and oxygen atoms in total. The van der Waals surface area contributed by atoms with Crippen molar-refractivity contribution in [3.05, 3.63) is 23.5 Å². The number of ketones is 1. The molecule has 1 aromatic rings. The van der Waals surface area contributed by atoms with Gasteiger partial charge < -0.3 is 9.84 Å². The molecular formula is C10H10BrNO4. The zero-order valence-corrected chi connectivity index (χ0v) is 10.2. The van der Waals surface area contributed by atoms with Crippen LogP contribution in [0.3, 0.4) is 0 Å². The average molecular weight is 288 g/mol. The van der Waals surface area contributed by atoms with Gasteiger partial charge in [0.05, 0.1) is 11.9 Å². The van der Waals surface area contributed by atoms with Crippen molar-refractivity contribution >= 4 is 27.7 Å². The van der Waals surface area contributed by atoms with E-state index in [1.165, 1.54) is 12.1 Å². The van der Waals surface area contributed by atoms with E-state index in [9.17, 15) is 14.7 Å². The molecule has 0 saturated heterocycles. The van der Waals surface area contributed by atoms with Gasteiger partial charge in [-0.3, -0.25) is 4.79 Å². The van der Waals surface area contributed by atoms with Gasteiger partial charge in [-0.1, -0.05) is 15.9 Å². The Hall–Kier alpha value is -1.43. The second-order valence-corrected chi connectivity index (χ2v) is 3.40. The molecule has 0 aliphatic heterocycles. The van der Waals surface area contributed by atoms with Gasteiger partial charge in [0.25, 0.3) is 0 Å². The fourth-order valence-corrected chi connectivity index (χ4v) is 1.31. The highest BCUT2D eigenvalue weighted by molar-refractivity contribution is 9.09. The predicted molar refractivity (Wildman–Crippen MR) is 60.0 cm³/mol. The Morgan fingerprint density at radius 2 is 2.19 bits per heavy atom. The van der Waals surface area contributed by atoms with Crippen molar-refractivity contribution in [2.24, 2.45) is 0 Å². The van der Waals surface area contributed by atoms with Gasteiger partial charge in [-0.2, -0.15) is 0 Å². The zero-order chi connectivity index (χ0) is 12.1. The lowest BCUT2D eigenvalue weighted by Gasteiger charge is -2.04. The molecule has 16 heavy (non-hydrogen) atoms. The minimum absolute atomic E-state index is 0.104. The van der Waals surface area contributed by atoms with Crippen molar-refractivity contribution in [1.29, 1.82) is 0 Å². The van der Waals surface area contributed by atoms with Gasteiger partial charge in [0.2, 0.25) is 0 Å². The molecule has 0 atom stereocenters. The summed E-state index contributed by atoms with van der Waals surface area (Å²) in [5, 5.41) is 9.50. The van der Waals surface area contributed by atoms with E-state index in [2.05, 4.69) is 20.9 Å². The van der Waals surface area contributed by atoms with Crippen molar-refractivity contribution in [1.82, 2.24) is 4.98 Å². The normalized spacial score (nSPS) is 9.88. The molecule has 1 aromatic heterocycles. The van der Waals surface area contributed by atoms with E-state index in [1.54, 1.807) is 6.92 Å². The first-order valence-corrected chi connectivity index (χ1v) is 5.68. The predicted octanol–water partition coefficient (Wildman–Crippen LogP) is 1.54. The monoisotopic (exact) mass is 287 g/mol. The van der Waals surface area contributed by atoms with E-state index in [0.717, 1.165) is 0 Å². The number of hydrogen-bond acceptors (Lipinski definition) is 5. The summed E-state index contributed by atoms with van der Waals surface area (Å²) in [6.07, 6.45) is 0. The Balaban J connectivity index is 3.08. The molecule has 86 valence electrons. The van der Waals surface area contributed by atoms with Gasteiger partial charge in [-0.25, -0.2) is 9.78 Å². The maximum atomic E-state index is 11.4. The lowest BCUT2D eigenvalue weighted by Crippen LogP contribution is -2.11. The third-order valence-corrected chi connectivity index (χ3v) is 2.26. The number of carbonyl (C=O) groups is 2. The summed E-state index contributed by atoms with van der Waals surface area (Å²) in [6, 6.07) is 2.59. The van der Waals surface area contributed by atoms with Crippen molar-refractivity contribution in [2.75, 3.05) is 11.9 Å². The summed E-state index contributed by atoms with van der Waals surface area (Å²) >= 11 is 2.99. The first kappa shape index (κ1) is 12.6. The van der Waals surface area contributed by atoms with Crippen LogP contribution < -0.4 is 0 Å². The maximum absolute atomic E-state index is 11.4. The Morgan fingerprint density at radius 1 is 1.50 bits per heavy atom. The molecule has 0 saturated carbocycles. The highest BCUT2D eigenvalue weighted by atomic mass is 79.9. The zero-order valence-electron chi connectivity index (χ0n) is 8.57. The van der Waals surface area contributed by atoms with E-state index in [-0.39, 0.29) is 34.9 Å². The number of aromatic nitrogens is 1. The van der Waals surface area contributed by atoms with Crippen LogP contribution in [-0.4, -0.2) is 33.8 Å². The Labute approximate surface area is 101 Å². The molecule has 0 aromatic carbocycles. The van der Waals surface area contributed by atoms with E-state index < -0.39 is 5.97 Å². The van der Waals surface area contributed by atoms with Gasteiger partial charge in [0, 0.05) is 0 Å². The number of nitrogens with zero attached hydrogens (tertiary/aromatic N) is 1. The first-order valence-electron chi connectivity index (χ1n) is 4.56. The quantitative estimate of drug-likeness (QED) is 0.516. The molecule has 0 unspecified atom stereocenters. The largest absolute Gasteiger partial charge is 0.505 e. The second kappa shape index (κ2) is 5.60. The van der Waals surface area contributed by atoms with Crippen LogP contribution in [0.1, 0.15) is 27.9 Å². The van der Waals surface area contributed by atoms with Gasteiger partial charge in [-0.15, -0.1) is 0 Å². The van der Waals surface area contributed by atoms with Crippen LogP contribution in [0.2, 0.25) is 0 Å². The molecule has 0 spiro atoms. The molecule has 1 heterocycles. The van der Waals surface area contributed by atoms with E-state index >= 15 is 0 Å². The molecule has 1 N–H and O–H groups in total. The smallest absolute Gasteiger partial charge is 0.360 e. The SMILES string of the molecule is CCOC(=O)c1nc(C(=O)CBr)ccc1O. The summed E-state index contributed by atoms with van der Waals surface area (Å²) in [5.41, 5.74) is -0.133. The Kier molecular flexibility index (Phi) is 4.42. The number of alkyl halides is 1. The van der Waals surface area contributed by atoms with Gasteiger partial charge in [0.1, 0.15) is 11.4 Å². The molecule has 0 radical (unpaired) electrons. The van der Waals surface area contributed by atoms with E-state index in [4.69, 9.17) is 4.74 Å². The number of aromatic hydroxyl groups is 1. The van der Waals surface area contributed by atoms with Gasteiger partial charge in [-0.05, 0) is 19.1 Å². The Bertz CT molecular complexity index is 419. The van der Waals surface area contributed by atoms with Crippen LogP contribution in [0.5, 0.6) is 5.75 Å². The number of carbonyl (C=O) groups excluding carboxylic acids is 2. The highest BCUT2D eigenvalue weighted by Gasteiger charge is 2.17. The summed E-state index contributed by atoms with van der Waals surface area (Å²) in [5.74, 6) is -1.32. The first-order chi connectivity index (χ1) is 7.60. The molecule has 0 amide bonds. The molecular weight excluding hydrogens is 278 g/mol. The average Bonchev–Trinajstić information content (AvgIpc) is 2.29. The molecule has 6 heteroatoms. The van der Waals surface area contributed by atoms with Crippen LogP contribution >= 0.6 is 15.9 Å². The van der Waals surface area contributed by atoms with Crippen molar-refractivity contribution in [3.63, 3.8) is 0 Å². The van der Waals surface area contributed by atoms with Crippen LogP contribution in [0, 0.1) is 0 Å². The molecule has 0 aliphatic rings. The second-order valence-electron chi connectivity index (χ2n) is 2.84. The number of hydrogen-bond donors (Lipinski definition) is 1. The molecule has 0 fully saturated rings. The van der Waals surface area contributed by atoms with Gasteiger partial charge >= 0.3 is 5.97 Å². The van der Waals surface area contributed by atoms with Crippen molar-refractivity contribution < 1.29 is 19.4 Å². The number of halogens is 1. The standard InChI is InChI=1S/C10H10BrNO4/c1-2-16-10(15)9-7(13)4-3-6(12-9)8(14)5-11/h3-4,13H,2,5H2,1H3. The van der Waals surface area contributed by atoms with Crippen molar-refractivity contribution in [3.8, 4) is 5.75 Å². The highest BCUT2D eigenvalue weighted by Crippen LogP contribution is 2.16. The molecule has 0 aliphatic carbocycles. The number of rotatable bonds is 4. The summed E-state index contributed by atoms with van der Waals surface area (Å²) < 4.78 is 4.69. The van der Waals surface area contributed by atoms with Crippen LogP contribution in [0.15, 0.2) is 12.1 Å². The summed E-state index contributed by atoms with van der Waals surface area (Å²) in [4.78, 5) is 26.4. The van der Waals surface area contributed by atoms with E-state index in [1.807, 2.05) is 0 Å². The third-order valence-electron chi connectivity index (χ3n) is 1.75. The summed E-state index contributed by atoms with van der Waals surface area (Å²) in [6.45, 7) is 1.82. The summed E-state index contributed by atoms with van der Waals surface area (Å²) in [7, 11) is 0. The number of pyridine rings is 1. The topological polar surface area (TPSA) is 76.5 Å². The Morgan fingerprint density at radius 3 is 2.75 bits per heavy atom. The lowest BCUT2D eigenvalue weighted by atomic mass is 10.2. The van der Waals surface area contributed by atoms with Crippen LogP contribution in [0.4, 0.5) is 0 Å². The van der Waals surface area contributed by atoms with Crippen molar-refractivity contribution in [2.45, 2.75) is 6.92 Å². The fraction of sp³-hybridized carbons (Fsp3) is 0.300. The fourth-order valence-electron chi connectivity index (χ4n) is 1.03. The molecule has 0 bridgehead atoms. The third kappa shape index (κ3) is 2.79. The number of ether oxygens (including phenoxy) is 1.